The van der Waals surface area contributed by atoms with Crippen LogP contribution in [0.15, 0.2) is 48.5 Å². The van der Waals surface area contributed by atoms with Gasteiger partial charge in [0, 0.05) is 48.6 Å². The number of carboxylic acids is 1. The second-order valence-corrected chi connectivity index (χ2v) is 13.8. The molecular weight excluding hydrogens is 587 g/mol. The van der Waals surface area contributed by atoms with Gasteiger partial charge in [0.2, 0.25) is 0 Å². The summed E-state index contributed by atoms with van der Waals surface area (Å²) in [7, 11) is 0. The van der Waals surface area contributed by atoms with Gasteiger partial charge in [-0.05, 0) is 91.0 Å². The van der Waals surface area contributed by atoms with Crippen LogP contribution in [0.5, 0.6) is 5.75 Å². The molecule has 6 bridgehead atoms. The highest BCUT2D eigenvalue weighted by Gasteiger charge is 2.38. The number of anilines is 1. The minimum absolute atomic E-state index is 0.134. The highest BCUT2D eigenvalue weighted by molar-refractivity contribution is 5.80. The Balaban J connectivity index is 1.55. The van der Waals surface area contributed by atoms with Gasteiger partial charge in [0.05, 0.1) is 28.6 Å². The Labute approximate surface area is 269 Å². The van der Waals surface area contributed by atoms with E-state index < -0.39 is 17.7 Å². The minimum atomic E-state index is -1.24. The van der Waals surface area contributed by atoms with Crippen LogP contribution >= 0.6 is 0 Å². The fourth-order valence-corrected chi connectivity index (χ4v) is 6.43. The van der Waals surface area contributed by atoms with Crippen molar-refractivity contribution in [1.82, 2.24) is 14.6 Å². The maximum Gasteiger partial charge on any atom is 0.337 e. The van der Waals surface area contributed by atoms with Gasteiger partial charge in [-0.25, -0.2) is 14.2 Å². The lowest BCUT2D eigenvalue weighted by Crippen LogP contribution is -2.46. The van der Waals surface area contributed by atoms with E-state index in [0.29, 0.717) is 53.9 Å². The van der Waals surface area contributed by atoms with E-state index in [1.165, 1.54) is 12.1 Å². The number of aliphatic carboxylic acids is 1. The molecule has 10 heteroatoms. The van der Waals surface area contributed by atoms with E-state index in [-0.39, 0.29) is 17.5 Å². The van der Waals surface area contributed by atoms with Crippen molar-refractivity contribution in [3.05, 3.63) is 65.6 Å². The van der Waals surface area contributed by atoms with Crippen molar-refractivity contribution in [3.8, 4) is 28.1 Å². The number of fused-ring (bicyclic) bond motifs is 7. The third-order valence-corrected chi connectivity index (χ3v) is 8.83. The molecule has 2 unspecified atom stereocenters. The standard InChI is InChI=1S/C36H43FN4O5/c1-22-9-8-18-44-36(6)14-16-40(17-15-36)33-31(32(34(42)43)46-35(3,4)5)23(2)38-30-21-28(39-41(30)33)25-11-7-10-24(19-25)27-13-12-26(37)20-29(27)45-22/h7,10-13,19-22,32H,8-9,14-18H2,1-6H3,(H,42,43). The molecule has 0 aliphatic carbocycles. The molecule has 4 aromatic rings. The first-order valence-electron chi connectivity index (χ1n) is 16.1. The summed E-state index contributed by atoms with van der Waals surface area (Å²) in [6.45, 7) is 13.4. The number of benzene rings is 2. The van der Waals surface area contributed by atoms with Crippen LogP contribution in [0.25, 0.3) is 28.0 Å². The molecule has 1 fully saturated rings. The monoisotopic (exact) mass is 630 g/mol. The number of hydrogen-bond acceptors (Lipinski definition) is 7. The molecule has 7 rings (SSSR count). The lowest BCUT2D eigenvalue weighted by atomic mass is 9.92. The summed E-state index contributed by atoms with van der Waals surface area (Å²) >= 11 is 0. The molecule has 5 heterocycles. The Morgan fingerprint density at radius 2 is 1.87 bits per heavy atom. The number of rotatable bonds is 3. The van der Waals surface area contributed by atoms with Crippen LogP contribution in [0.3, 0.4) is 0 Å². The number of halogens is 1. The first-order valence-corrected chi connectivity index (χ1v) is 16.1. The Hall–Kier alpha value is -4.02. The fourth-order valence-electron chi connectivity index (χ4n) is 6.43. The van der Waals surface area contributed by atoms with Crippen molar-refractivity contribution < 1.29 is 28.5 Å². The van der Waals surface area contributed by atoms with Gasteiger partial charge < -0.3 is 24.2 Å². The smallest absolute Gasteiger partial charge is 0.337 e. The van der Waals surface area contributed by atoms with Crippen molar-refractivity contribution in [2.45, 2.75) is 90.6 Å². The Bertz CT molecular complexity index is 1760. The molecule has 2 atom stereocenters. The van der Waals surface area contributed by atoms with Crippen molar-refractivity contribution in [1.29, 1.82) is 0 Å². The van der Waals surface area contributed by atoms with Gasteiger partial charge in [0.1, 0.15) is 17.4 Å². The number of ether oxygens (including phenoxy) is 3. The highest BCUT2D eigenvalue weighted by Crippen LogP contribution is 2.39. The van der Waals surface area contributed by atoms with E-state index in [9.17, 15) is 14.3 Å². The molecule has 1 saturated heterocycles. The quantitative estimate of drug-likeness (QED) is 0.250. The average Bonchev–Trinajstić information content (AvgIpc) is 3.41. The molecule has 0 amide bonds. The summed E-state index contributed by atoms with van der Waals surface area (Å²) in [5.74, 6) is -0.283. The van der Waals surface area contributed by atoms with E-state index in [2.05, 4.69) is 11.8 Å². The van der Waals surface area contributed by atoms with Gasteiger partial charge in [-0.2, -0.15) is 9.61 Å². The Kier molecular flexibility index (Phi) is 8.54. The zero-order valence-electron chi connectivity index (χ0n) is 27.5. The number of carboxylic acid groups (broad SMARTS) is 1. The van der Waals surface area contributed by atoms with E-state index in [4.69, 9.17) is 24.3 Å². The summed E-state index contributed by atoms with van der Waals surface area (Å²) in [5.41, 5.74) is 3.80. The molecule has 244 valence electrons. The maximum atomic E-state index is 14.4. The number of piperidine rings is 1. The molecule has 3 aliphatic rings. The second kappa shape index (κ2) is 12.3. The van der Waals surface area contributed by atoms with Crippen molar-refractivity contribution in [2.75, 3.05) is 24.6 Å². The zero-order valence-corrected chi connectivity index (χ0v) is 27.5. The van der Waals surface area contributed by atoms with Gasteiger partial charge in [-0.3, -0.25) is 0 Å². The lowest BCUT2D eigenvalue weighted by molar-refractivity contribution is -0.160. The van der Waals surface area contributed by atoms with Crippen LogP contribution in [0.4, 0.5) is 10.2 Å². The van der Waals surface area contributed by atoms with Crippen LogP contribution in [0.1, 0.15) is 77.7 Å². The molecule has 0 saturated carbocycles. The number of hydrogen-bond donors (Lipinski definition) is 1. The van der Waals surface area contributed by atoms with Gasteiger partial charge in [-0.15, -0.1) is 0 Å². The van der Waals surface area contributed by atoms with Crippen LogP contribution in [0, 0.1) is 12.7 Å². The summed E-state index contributed by atoms with van der Waals surface area (Å²) in [6.07, 6.45) is 1.69. The van der Waals surface area contributed by atoms with Crippen LogP contribution in [-0.4, -0.2) is 62.7 Å². The van der Waals surface area contributed by atoms with E-state index in [1.54, 1.807) is 10.6 Å². The van der Waals surface area contributed by atoms with Crippen LogP contribution in [0.2, 0.25) is 0 Å². The maximum absolute atomic E-state index is 14.4. The SMILES string of the molecule is Cc1nc2cc3nn2c(c1C(OC(C)(C)C)C(=O)O)N1CCC(C)(CC1)OCCCC(C)Oc1cc(F)ccc1-c1cccc-3c1. The minimum Gasteiger partial charge on any atom is -0.490 e. The van der Waals surface area contributed by atoms with E-state index in [0.717, 1.165) is 42.4 Å². The number of nitrogens with zero attached hydrogens (tertiary/aromatic N) is 4. The lowest BCUT2D eigenvalue weighted by Gasteiger charge is -2.41. The predicted molar refractivity (Wildman–Crippen MR) is 175 cm³/mol. The molecule has 9 nitrogen and oxygen atoms in total. The summed E-state index contributed by atoms with van der Waals surface area (Å²) in [4.78, 5) is 19.8. The summed E-state index contributed by atoms with van der Waals surface area (Å²) in [5, 5.41) is 15.5. The number of aryl methyl sites for hydroxylation is 1. The largest absolute Gasteiger partial charge is 0.490 e. The van der Waals surface area contributed by atoms with E-state index >= 15 is 0 Å². The predicted octanol–water partition coefficient (Wildman–Crippen LogP) is 7.39. The molecule has 0 spiro atoms. The van der Waals surface area contributed by atoms with Gasteiger partial charge in [-0.1, -0.05) is 18.2 Å². The molecule has 2 aromatic heterocycles. The Morgan fingerprint density at radius 1 is 1.13 bits per heavy atom. The van der Waals surface area contributed by atoms with Crippen LogP contribution < -0.4 is 9.64 Å². The molecule has 2 aromatic carbocycles. The Morgan fingerprint density at radius 3 is 2.59 bits per heavy atom. The second-order valence-electron chi connectivity index (χ2n) is 13.8. The third kappa shape index (κ3) is 6.59. The van der Waals surface area contributed by atoms with Crippen molar-refractivity contribution in [3.63, 3.8) is 0 Å². The summed E-state index contributed by atoms with van der Waals surface area (Å²) in [6, 6.07) is 14.4. The molecular formula is C36H43FN4O5. The van der Waals surface area contributed by atoms with Gasteiger partial charge in [0.15, 0.2) is 11.8 Å². The molecule has 0 radical (unpaired) electrons. The van der Waals surface area contributed by atoms with Gasteiger partial charge >= 0.3 is 5.97 Å². The number of carbonyl (C=O) groups is 1. The third-order valence-electron chi connectivity index (χ3n) is 8.83. The molecule has 46 heavy (non-hydrogen) atoms. The fraction of sp³-hybridized carbons (Fsp3) is 0.472. The van der Waals surface area contributed by atoms with Crippen LogP contribution in [-0.2, 0) is 14.3 Å². The molecule has 1 N–H and O–H groups in total. The van der Waals surface area contributed by atoms with Gasteiger partial charge in [0.25, 0.3) is 0 Å². The highest BCUT2D eigenvalue weighted by atomic mass is 19.1. The zero-order chi connectivity index (χ0) is 32.8. The topological polar surface area (TPSA) is 98.4 Å². The van der Waals surface area contributed by atoms with Crippen molar-refractivity contribution in [2.24, 2.45) is 0 Å². The summed E-state index contributed by atoms with van der Waals surface area (Å²) < 4.78 is 35.1. The van der Waals surface area contributed by atoms with E-state index in [1.807, 2.05) is 65.0 Å². The normalized spacial score (nSPS) is 21.3. The first-order chi connectivity index (χ1) is 21.8. The average molecular weight is 631 g/mol. The molecule has 3 aliphatic heterocycles. The number of aromatic nitrogens is 3. The van der Waals surface area contributed by atoms with Crippen molar-refractivity contribution >= 4 is 17.4 Å². The first kappa shape index (κ1) is 31.9.